The first-order valence-corrected chi connectivity index (χ1v) is 8.71. The number of rotatable bonds is 4. The van der Waals surface area contributed by atoms with Crippen LogP contribution in [-0.2, 0) is 0 Å². The van der Waals surface area contributed by atoms with Gasteiger partial charge in [0.1, 0.15) is 12.1 Å². The van der Waals surface area contributed by atoms with Gasteiger partial charge < -0.3 is 10.0 Å². The van der Waals surface area contributed by atoms with Crippen molar-refractivity contribution in [2.75, 3.05) is 37.6 Å². The predicted octanol–water partition coefficient (Wildman–Crippen LogP) is 2.49. The molecule has 1 fully saturated rings. The van der Waals surface area contributed by atoms with Crippen LogP contribution in [0.2, 0.25) is 0 Å². The number of para-hydroxylation sites is 1. The second-order valence-electron chi connectivity index (χ2n) is 6.43. The Morgan fingerprint density at radius 2 is 1.60 bits per heavy atom. The zero-order valence-electron chi connectivity index (χ0n) is 14.1. The molecular formula is C20H22N4O. The molecule has 4 rings (SSSR count). The Morgan fingerprint density at radius 1 is 0.880 bits per heavy atom. The Labute approximate surface area is 147 Å². The quantitative estimate of drug-likeness (QED) is 0.794. The van der Waals surface area contributed by atoms with Crippen LogP contribution in [0.5, 0.6) is 0 Å². The minimum atomic E-state index is -0.437. The lowest BCUT2D eigenvalue weighted by molar-refractivity contribution is 0.109. The van der Waals surface area contributed by atoms with Gasteiger partial charge >= 0.3 is 0 Å². The van der Waals surface area contributed by atoms with Crippen molar-refractivity contribution in [3.63, 3.8) is 0 Å². The Bertz CT molecular complexity index is 826. The van der Waals surface area contributed by atoms with Crippen LogP contribution in [0.4, 0.5) is 5.82 Å². The molecule has 0 bridgehead atoms. The van der Waals surface area contributed by atoms with Crippen molar-refractivity contribution < 1.29 is 5.11 Å². The zero-order valence-corrected chi connectivity index (χ0v) is 14.1. The lowest BCUT2D eigenvalue weighted by Crippen LogP contribution is -2.47. The molecule has 1 aliphatic heterocycles. The molecule has 1 saturated heterocycles. The van der Waals surface area contributed by atoms with Crippen LogP contribution in [0.25, 0.3) is 10.9 Å². The first kappa shape index (κ1) is 16.0. The third-order valence-electron chi connectivity index (χ3n) is 4.81. The summed E-state index contributed by atoms with van der Waals surface area (Å²) in [6.07, 6.45) is 1.20. The number of aromatic nitrogens is 2. The molecule has 128 valence electrons. The summed E-state index contributed by atoms with van der Waals surface area (Å²) in [6.45, 7) is 4.32. The molecule has 2 heterocycles. The van der Waals surface area contributed by atoms with Crippen LogP contribution in [0.15, 0.2) is 60.9 Å². The number of β-amino-alcohol motifs (C(OH)–C–C–N with tert-alkyl or cyclic N) is 1. The molecule has 5 nitrogen and oxygen atoms in total. The molecule has 0 aliphatic carbocycles. The summed E-state index contributed by atoms with van der Waals surface area (Å²) >= 11 is 0. The number of aliphatic hydroxyl groups is 1. The van der Waals surface area contributed by atoms with Crippen LogP contribution in [0.3, 0.4) is 0 Å². The summed E-state index contributed by atoms with van der Waals surface area (Å²) in [5, 5.41) is 11.5. The summed E-state index contributed by atoms with van der Waals surface area (Å²) in [7, 11) is 0. The molecule has 0 spiro atoms. The van der Waals surface area contributed by atoms with E-state index in [-0.39, 0.29) is 0 Å². The average Bonchev–Trinajstić information content (AvgIpc) is 2.69. The van der Waals surface area contributed by atoms with E-state index in [2.05, 4.69) is 25.8 Å². The van der Waals surface area contributed by atoms with Crippen molar-refractivity contribution >= 4 is 16.7 Å². The number of hydrogen-bond acceptors (Lipinski definition) is 5. The molecule has 1 atom stereocenters. The van der Waals surface area contributed by atoms with E-state index in [0.717, 1.165) is 48.5 Å². The van der Waals surface area contributed by atoms with Crippen molar-refractivity contribution in [1.29, 1.82) is 0 Å². The molecular weight excluding hydrogens is 312 g/mol. The van der Waals surface area contributed by atoms with E-state index in [0.29, 0.717) is 6.54 Å². The second-order valence-corrected chi connectivity index (χ2v) is 6.43. The Kier molecular flexibility index (Phi) is 4.59. The van der Waals surface area contributed by atoms with Gasteiger partial charge in [-0.15, -0.1) is 0 Å². The fourth-order valence-corrected chi connectivity index (χ4v) is 3.41. The minimum Gasteiger partial charge on any atom is -0.387 e. The molecule has 0 radical (unpaired) electrons. The molecule has 5 heteroatoms. The molecule has 2 aromatic carbocycles. The molecule has 0 unspecified atom stereocenters. The number of aliphatic hydroxyl groups excluding tert-OH is 1. The summed E-state index contributed by atoms with van der Waals surface area (Å²) in [5.74, 6) is 1.01. The van der Waals surface area contributed by atoms with Gasteiger partial charge in [0.2, 0.25) is 0 Å². The lowest BCUT2D eigenvalue weighted by atomic mass is 10.1. The van der Waals surface area contributed by atoms with Gasteiger partial charge in [-0.1, -0.05) is 42.5 Å². The summed E-state index contributed by atoms with van der Waals surface area (Å²) in [4.78, 5) is 13.5. The molecule has 25 heavy (non-hydrogen) atoms. The van der Waals surface area contributed by atoms with E-state index < -0.39 is 6.10 Å². The monoisotopic (exact) mass is 334 g/mol. The number of hydrogen-bond donors (Lipinski definition) is 1. The van der Waals surface area contributed by atoms with Crippen LogP contribution in [0, 0.1) is 0 Å². The van der Waals surface area contributed by atoms with Gasteiger partial charge in [0.25, 0.3) is 0 Å². The first-order valence-electron chi connectivity index (χ1n) is 8.71. The number of benzene rings is 2. The van der Waals surface area contributed by atoms with E-state index in [9.17, 15) is 5.11 Å². The highest BCUT2D eigenvalue weighted by Crippen LogP contribution is 2.24. The van der Waals surface area contributed by atoms with Gasteiger partial charge in [0.05, 0.1) is 11.6 Å². The van der Waals surface area contributed by atoms with Crippen molar-refractivity contribution in [2.24, 2.45) is 0 Å². The molecule has 0 saturated carbocycles. The van der Waals surface area contributed by atoms with E-state index in [1.54, 1.807) is 6.33 Å². The van der Waals surface area contributed by atoms with Crippen LogP contribution in [-0.4, -0.2) is 52.7 Å². The maximum Gasteiger partial charge on any atom is 0.139 e. The average molecular weight is 334 g/mol. The van der Waals surface area contributed by atoms with Gasteiger partial charge in [-0.05, 0) is 17.7 Å². The highest BCUT2D eigenvalue weighted by Gasteiger charge is 2.21. The van der Waals surface area contributed by atoms with Gasteiger partial charge in [-0.25, -0.2) is 9.97 Å². The molecule has 1 aliphatic rings. The first-order chi connectivity index (χ1) is 12.3. The van der Waals surface area contributed by atoms with Crippen LogP contribution in [0.1, 0.15) is 11.7 Å². The van der Waals surface area contributed by atoms with E-state index in [1.165, 1.54) is 0 Å². The van der Waals surface area contributed by atoms with E-state index in [1.807, 2.05) is 48.5 Å². The van der Waals surface area contributed by atoms with Crippen LogP contribution >= 0.6 is 0 Å². The minimum absolute atomic E-state index is 0.437. The fourth-order valence-electron chi connectivity index (χ4n) is 3.41. The van der Waals surface area contributed by atoms with Crippen LogP contribution < -0.4 is 4.90 Å². The van der Waals surface area contributed by atoms with E-state index >= 15 is 0 Å². The normalized spacial score (nSPS) is 16.9. The van der Waals surface area contributed by atoms with Gasteiger partial charge in [-0.2, -0.15) is 0 Å². The Morgan fingerprint density at radius 3 is 2.40 bits per heavy atom. The predicted molar refractivity (Wildman–Crippen MR) is 99.6 cm³/mol. The molecule has 3 aromatic rings. The standard InChI is InChI=1S/C20H22N4O/c25-19(16-6-2-1-3-7-16)14-23-10-12-24(13-11-23)20-17-8-4-5-9-18(17)21-15-22-20/h1-9,15,19,25H,10-14H2/t19-/m0/s1. The number of fused-ring (bicyclic) bond motifs is 1. The van der Waals surface area contributed by atoms with Crippen molar-refractivity contribution in [2.45, 2.75) is 6.10 Å². The smallest absolute Gasteiger partial charge is 0.139 e. The zero-order chi connectivity index (χ0) is 17.1. The SMILES string of the molecule is O[C@@H](CN1CCN(c2ncnc3ccccc23)CC1)c1ccccc1. The highest BCUT2D eigenvalue weighted by molar-refractivity contribution is 5.89. The summed E-state index contributed by atoms with van der Waals surface area (Å²) in [5.41, 5.74) is 1.96. The topological polar surface area (TPSA) is 52.5 Å². The Hall–Kier alpha value is -2.50. The second kappa shape index (κ2) is 7.17. The number of piperazine rings is 1. The molecule has 1 aromatic heterocycles. The maximum absolute atomic E-state index is 10.4. The highest BCUT2D eigenvalue weighted by atomic mass is 16.3. The maximum atomic E-state index is 10.4. The number of nitrogens with zero attached hydrogens (tertiary/aromatic N) is 4. The molecule has 1 N–H and O–H groups in total. The Balaban J connectivity index is 1.41. The number of anilines is 1. The molecule has 0 amide bonds. The van der Waals surface area contributed by atoms with E-state index in [4.69, 9.17) is 0 Å². The third-order valence-corrected chi connectivity index (χ3v) is 4.81. The fraction of sp³-hybridized carbons (Fsp3) is 0.300. The van der Waals surface area contributed by atoms with Gasteiger partial charge in [0.15, 0.2) is 0 Å². The van der Waals surface area contributed by atoms with Crippen molar-refractivity contribution in [1.82, 2.24) is 14.9 Å². The van der Waals surface area contributed by atoms with Gasteiger partial charge in [-0.3, -0.25) is 4.90 Å². The third kappa shape index (κ3) is 3.48. The van der Waals surface area contributed by atoms with Crippen molar-refractivity contribution in [3.8, 4) is 0 Å². The lowest BCUT2D eigenvalue weighted by Gasteiger charge is -2.36. The van der Waals surface area contributed by atoms with Gasteiger partial charge in [0, 0.05) is 38.1 Å². The summed E-state index contributed by atoms with van der Waals surface area (Å²) in [6, 6.07) is 18.0. The van der Waals surface area contributed by atoms with Crippen molar-refractivity contribution in [3.05, 3.63) is 66.5 Å². The largest absolute Gasteiger partial charge is 0.387 e. The summed E-state index contributed by atoms with van der Waals surface area (Å²) < 4.78 is 0.